The smallest absolute Gasteiger partial charge is 0.308 e. The van der Waals surface area contributed by atoms with Crippen molar-refractivity contribution in [2.45, 2.75) is 63.7 Å². The minimum Gasteiger partial charge on any atom is -0.460 e. The molecule has 1 unspecified atom stereocenters. The number of ether oxygens (including phenoxy) is 2. The number of nitrogens with one attached hydrogen (secondary N) is 1. The van der Waals surface area contributed by atoms with Crippen molar-refractivity contribution < 1.29 is 14.3 Å². The van der Waals surface area contributed by atoms with E-state index in [1.165, 1.54) is 19.3 Å². The molecule has 1 aliphatic carbocycles. The molecule has 0 bridgehead atoms. The van der Waals surface area contributed by atoms with E-state index in [0.717, 1.165) is 13.2 Å². The quantitative estimate of drug-likeness (QED) is 0.746. The van der Waals surface area contributed by atoms with Crippen molar-refractivity contribution in [2.24, 2.45) is 0 Å². The summed E-state index contributed by atoms with van der Waals surface area (Å²) in [6, 6.07) is 0. The third-order valence-electron chi connectivity index (χ3n) is 3.43. The molecule has 4 heteroatoms. The molecule has 0 amide bonds. The van der Waals surface area contributed by atoms with Gasteiger partial charge in [0.25, 0.3) is 0 Å². The fraction of sp³-hybridized carbons (Fsp3) is 0.923. The molecule has 2 rings (SSSR count). The van der Waals surface area contributed by atoms with E-state index in [9.17, 15) is 4.79 Å². The molecule has 0 aromatic heterocycles. The van der Waals surface area contributed by atoms with Gasteiger partial charge >= 0.3 is 5.97 Å². The van der Waals surface area contributed by atoms with Gasteiger partial charge < -0.3 is 14.8 Å². The molecule has 0 radical (unpaired) electrons. The SMILES string of the molecule is CC(C)(C)OC(=O)CC1CNC2(CCC2)CO1. The Kier molecular flexibility index (Phi) is 3.46. The van der Waals surface area contributed by atoms with Crippen molar-refractivity contribution in [3.8, 4) is 0 Å². The van der Waals surface area contributed by atoms with Gasteiger partial charge in [0.1, 0.15) is 5.60 Å². The van der Waals surface area contributed by atoms with Crippen LogP contribution >= 0.6 is 0 Å². The molecule has 1 N–H and O–H groups in total. The maximum Gasteiger partial charge on any atom is 0.308 e. The van der Waals surface area contributed by atoms with Crippen LogP contribution in [0, 0.1) is 0 Å². The van der Waals surface area contributed by atoms with Gasteiger partial charge in [-0.3, -0.25) is 4.79 Å². The predicted molar refractivity (Wildman–Crippen MR) is 64.8 cm³/mol. The van der Waals surface area contributed by atoms with Crippen molar-refractivity contribution in [1.82, 2.24) is 5.32 Å². The average Bonchev–Trinajstić information content (AvgIpc) is 2.13. The first-order chi connectivity index (χ1) is 7.89. The van der Waals surface area contributed by atoms with Gasteiger partial charge in [0.2, 0.25) is 0 Å². The van der Waals surface area contributed by atoms with Gasteiger partial charge in [-0.2, -0.15) is 0 Å². The lowest BCUT2D eigenvalue weighted by Gasteiger charge is -2.47. The van der Waals surface area contributed by atoms with E-state index < -0.39 is 5.60 Å². The van der Waals surface area contributed by atoms with Crippen LogP contribution in [0.2, 0.25) is 0 Å². The Morgan fingerprint density at radius 3 is 2.59 bits per heavy atom. The molecule has 2 fully saturated rings. The topological polar surface area (TPSA) is 47.6 Å². The number of hydrogen-bond acceptors (Lipinski definition) is 4. The van der Waals surface area contributed by atoms with Crippen LogP contribution in [-0.2, 0) is 14.3 Å². The highest BCUT2D eigenvalue weighted by Crippen LogP contribution is 2.34. The third-order valence-corrected chi connectivity index (χ3v) is 3.43. The summed E-state index contributed by atoms with van der Waals surface area (Å²) in [5.41, 5.74) is -0.182. The molecular formula is C13H23NO3. The first kappa shape index (κ1) is 12.8. The maximum atomic E-state index is 11.6. The second-order valence-corrected chi connectivity index (χ2v) is 6.24. The monoisotopic (exact) mass is 241 g/mol. The van der Waals surface area contributed by atoms with Gasteiger partial charge in [-0.25, -0.2) is 0 Å². The molecule has 1 saturated heterocycles. The fourth-order valence-corrected chi connectivity index (χ4v) is 2.34. The Morgan fingerprint density at radius 2 is 2.18 bits per heavy atom. The van der Waals surface area contributed by atoms with E-state index in [0.29, 0.717) is 6.42 Å². The summed E-state index contributed by atoms with van der Waals surface area (Å²) in [4.78, 5) is 11.6. The van der Waals surface area contributed by atoms with Crippen LogP contribution < -0.4 is 5.32 Å². The van der Waals surface area contributed by atoms with Crippen LogP contribution in [-0.4, -0.2) is 36.4 Å². The van der Waals surface area contributed by atoms with Crippen molar-refractivity contribution in [1.29, 1.82) is 0 Å². The Hall–Kier alpha value is -0.610. The van der Waals surface area contributed by atoms with E-state index in [1.807, 2.05) is 20.8 Å². The van der Waals surface area contributed by atoms with Crippen LogP contribution in [0.1, 0.15) is 46.5 Å². The lowest BCUT2D eigenvalue weighted by Crippen LogP contribution is -2.61. The Bertz CT molecular complexity index is 282. The predicted octanol–water partition coefficient (Wildman–Crippen LogP) is 1.63. The summed E-state index contributed by atoms with van der Waals surface area (Å²) >= 11 is 0. The van der Waals surface area contributed by atoms with Gasteiger partial charge in [-0.1, -0.05) is 0 Å². The van der Waals surface area contributed by atoms with E-state index >= 15 is 0 Å². The number of rotatable bonds is 2. The molecule has 0 aromatic carbocycles. The Balaban J connectivity index is 1.72. The summed E-state index contributed by atoms with van der Waals surface area (Å²) in [7, 11) is 0. The molecule has 1 aliphatic heterocycles. The summed E-state index contributed by atoms with van der Waals surface area (Å²) < 4.78 is 11.0. The van der Waals surface area contributed by atoms with Crippen molar-refractivity contribution in [3.05, 3.63) is 0 Å². The van der Waals surface area contributed by atoms with Crippen molar-refractivity contribution >= 4 is 5.97 Å². The maximum absolute atomic E-state index is 11.6. The van der Waals surface area contributed by atoms with Gasteiger partial charge in [0.05, 0.1) is 19.1 Å². The zero-order chi connectivity index (χ0) is 12.5. The summed E-state index contributed by atoms with van der Waals surface area (Å²) in [6.45, 7) is 7.15. The Labute approximate surface area is 103 Å². The second kappa shape index (κ2) is 4.58. The Morgan fingerprint density at radius 1 is 1.47 bits per heavy atom. The van der Waals surface area contributed by atoms with Crippen molar-refractivity contribution in [2.75, 3.05) is 13.2 Å². The standard InChI is InChI=1S/C13H23NO3/c1-12(2,3)17-11(15)7-10-8-14-13(9-16-10)5-4-6-13/h10,14H,4-9H2,1-3H3. The molecule has 98 valence electrons. The normalized spacial score (nSPS) is 27.6. The molecule has 1 atom stereocenters. The van der Waals surface area contributed by atoms with Crippen LogP contribution in [0.15, 0.2) is 0 Å². The minimum absolute atomic E-state index is 0.0314. The van der Waals surface area contributed by atoms with Crippen LogP contribution in [0.4, 0.5) is 0 Å². The number of carbonyl (C=O) groups excluding carboxylic acids is 1. The zero-order valence-electron chi connectivity index (χ0n) is 11.0. The minimum atomic E-state index is -0.408. The molecule has 17 heavy (non-hydrogen) atoms. The van der Waals surface area contributed by atoms with Crippen molar-refractivity contribution in [3.63, 3.8) is 0 Å². The van der Waals surface area contributed by atoms with Gasteiger partial charge in [-0.15, -0.1) is 0 Å². The first-order valence-electron chi connectivity index (χ1n) is 6.47. The number of esters is 1. The van der Waals surface area contributed by atoms with E-state index in [4.69, 9.17) is 9.47 Å². The van der Waals surface area contributed by atoms with Gasteiger partial charge in [0, 0.05) is 12.1 Å². The number of morpholine rings is 1. The second-order valence-electron chi connectivity index (χ2n) is 6.24. The van der Waals surface area contributed by atoms with E-state index in [-0.39, 0.29) is 17.6 Å². The van der Waals surface area contributed by atoms with E-state index in [2.05, 4.69) is 5.32 Å². The first-order valence-corrected chi connectivity index (χ1v) is 6.47. The molecule has 1 spiro atoms. The fourth-order valence-electron chi connectivity index (χ4n) is 2.34. The molecule has 4 nitrogen and oxygen atoms in total. The highest BCUT2D eigenvalue weighted by Gasteiger charge is 2.41. The lowest BCUT2D eigenvalue weighted by molar-refractivity contribution is -0.160. The molecule has 1 saturated carbocycles. The summed E-state index contributed by atoms with van der Waals surface area (Å²) in [6.07, 6.45) is 4.00. The molecule has 1 heterocycles. The van der Waals surface area contributed by atoms with Gasteiger partial charge in [0.15, 0.2) is 0 Å². The van der Waals surface area contributed by atoms with Crippen LogP contribution in [0.5, 0.6) is 0 Å². The summed E-state index contributed by atoms with van der Waals surface area (Å²) in [5.74, 6) is -0.172. The van der Waals surface area contributed by atoms with E-state index in [1.54, 1.807) is 0 Å². The summed E-state index contributed by atoms with van der Waals surface area (Å²) in [5, 5.41) is 3.52. The highest BCUT2D eigenvalue weighted by atomic mass is 16.6. The number of hydrogen-bond donors (Lipinski definition) is 1. The molecular weight excluding hydrogens is 218 g/mol. The zero-order valence-corrected chi connectivity index (χ0v) is 11.0. The lowest BCUT2D eigenvalue weighted by atomic mass is 9.76. The van der Waals surface area contributed by atoms with Crippen LogP contribution in [0.25, 0.3) is 0 Å². The number of carbonyl (C=O) groups is 1. The molecule has 2 aliphatic rings. The molecule has 0 aromatic rings. The third kappa shape index (κ3) is 3.42. The van der Waals surface area contributed by atoms with Crippen LogP contribution in [0.3, 0.4) is 0 Å². The van der Waals surface area contributed by atoms with Gasteiger partial charge in [-0.05, 0) is 40.0 Å². The largest absolute Gasteiger partial charge is 0.460 e. The average molecular weight is 241 g/mol. The highest BCUT2D eigenvalue weighted by molar-refractivity contribution is 5.70.